The average molecular weight is 302 g/mol. The first-order chi connectivity index (χ1) is 9.99. The summed E-state index contributed by atoms with van der Waals surface area (Å²) in [6, 6.07) is 7.59. The van der Waals surface area contributed by atoms with Crippen LogP contribution in [0.15, 0.2) is 29.4 Å². The van der Waals surface area contributed by atoms with Gasteiger partial charge in [0.15, 0.2) is 5.16 Å². The van der Waals surface area contributed by atoms with Gasteiger partial charge in [0.1, 0.15) is 11.6 Å². The van der Waals surface area contributed by atoms with Crippen molar-refractivity contribution in [2.24, 2.45) is 5.73 Å². The number of aryl methyl sites for hydroxylation is 2. The minimum absolute atomic E-state index is 0.00342. The number of thioether (sulfide) groups is 1. The van der Waals surface area contributed by atoms with Crippen LogP contribution < -0.4 is 10.5 Å². The lowest BCUT2D eigenvalue weighted by Gasteiger charge is -2.09. The van der Waals surface area contributed by atoms with E-state index in [0.29, 0.717) is 11.3 Å². The number of nitrogens with zero attached hydrogens (tertiary/aromatic N) is 2. The maximum Gasteiger partial charge on any atom is 0.188 e. The van der Waals surface area contributed by atoms with Crippen LogP contribution in [0.5, 0.6) is 5.75 Å². The van der Waals surface area contributed by atoms with Crippen LogP contribution in [0.1, 0.15) is 22.5 Å². The Kier molecular flexibility index (Phi) is 4.80. The Morgan fingerprint density at radius 1 is 1.24 bits per heavy atom. The second kappa shape index (κ2) is 6.58. The minimum atomic E-state index is 0.00342. The van der Waals surface area contributed by atoms with E-state index in [-0.39, 0.29) is 5.84 Å². The van der Waals surface area contributed by atoms with E-state index in [4.69, 9.17) is 15.9 Å². The molecule has 3 N–H and O–H groups in total. The van der Waals surface area contributed by atoms with E-state index in [9.17, 15) is 0 Å². The van der Waals surface area contributed by atoms with Crippen molar-refractivity contribution in [2.75, 3.05) is 7.11 Å². The second-order valence-electron chi connectivity index (χ2n) is 4.67. The molecule has 6 heteroatoms. The summed E-state index contributed by atoms with van der Waals surface area (Å²) in [6.07, 6.45) is 0. The van der Waals surface area contributed by atoms with Gasteiger partial charge in [-0.1, -0.05) is 17.8 Å². The molecule has 0 spiro atoms. The first-order valence-electron chi connectivity index (χ1n) is 6.46. The van der Waals surface area contributed by atoms with Crippen LogP contribution in [0.2, 0.25) is 0 Å². The third-order valence-corrected chi connectivity index (χ3v) is 3.80. The molecular weight excluding hydrogens is 284 g/mol. The highest BCUT2D eigenvalue weighted by Gasteiger charge is 2.08. The summed E-state index contributed by atoms with van der Waals surface area (Å²) in [7, 11) is 1.58. The summed E-state index contributed by atoms with van der Waals surface area (Å²) in [4.78, 5) is 8.81. The van der Waals surface area contributed by atoms with Gasteiger partial charge in [0, 0.05) is 17.1 Å². The van der Waals surface area contributed by atoms with Crippen molar-refractivity contribution >= 4 is 17.6 Å². The van der Waals surface area contributed by atoms with Crippen LogP contribution >= 0.6 is 11.8 Å². The SMILES string of the molecule is COc1cc(CSc2nc(C)cc(C)n2)ccc1C(=N)N. The van der Waals surface area contributed by atoms with Gasteiger partial charge >= 0.3 is 0 Å². The fourth-order valence-corrected chi connectivity index (χ4v) is 2.85. The molecule has 0 saturated heterocycles. The molecule has 5 nitrogen and oxygen atoms in total. The molecule has 0 radical (unpaired) electrons. The third-order valence-electron chi connectivity index (χ3n) is 2.89. The highest BCUT2D eigenvalue weighted by atomic mass is 32.2. The van der Waals surface area contributed by atoms with Gasteiger partial charge in [-0.2, -0.15) is 0 Å². The number of methoxy groups -OCH3 is 1. The Labute approximate surface area is 128 Å². The van der Waals surface area contributed by atoms with E-state index in [2.05, 4.69) is 9.97 Å². The number of benzene rings is 1. The van der Waals surface area contributed by atoms with Crippen molar-refractivity contribution in [2.45, 2.75) is 24.8 Å². The Hall–Kier alpha value is -2.08. The highest BCUT2D eigenvalue weighted by Crippen LogP contribution is 2.25. The smallest absolute Gasteiger partial charge is 0.188 e. The van der Waals surface area contributed by atoms with Gasteiger partial charge in [-0.25, -0.2) is 9.97 Å². The van der Waals surface area contributed by atoms with E-state index in [1.165, 1.54) is 0 Å². The number of nitrogens with one attached hydrogen (secondary N) is 1. The summed E-state index contributed by atoms with van der Waals surface area (Å²) >= 11 is 1.57. The molecule has 21 heavy (non-hydrogen) atoms. The van der Waals surface area contributed by atoms with Crippen LogP contribution in [-0.4, -0.2) is 22.9 Å². The number of rotatable bonds is 5. The number of nitrogens with two attached hydrogens (primary N) is 1. The summed E-state index contributed by atoms with van der Waals surface area (Å²) in [5.74, 6) is 1.35. The fraction of sp³-hybridized carbons (Fsp3) is 0.267. The van der Waals surface area contributed by atoms with Crippen molar-refractivity contribution in [3.05, 3.63) is 46.8 Å². The lowest BCUT2D eigenvalue weighted by molar-refractivity contribution is 0.413. The third kappa shape index (κ3) is 3.95. The Bertz CT molecular complexity index is 652. The van der Waals surface area contributed by atoms with Gasteiger partial charge in [0.2, 0.25) is 0 Å². The lowest BCUT2D eigenvalue weighted by atomic mass is 10.1. The molecule has 2 aromatic rings. The quantitative estimate of drug-likeness (QED) is 0.384. The van der Waals surface area contributed by atoms with Crippen LogP contribution in [0.25, 0.3) is 0 Å². The monoisotopic (exact) mass is 302 g/mol. The summed E-state index contributed by atoms with van der Waals surface area (Å²) in [5.41, 5.74) is 9.13. The zero-order valence-electron chi connectivity index (χ0n) is 12.3. The minimum Gasteiger partial charge on any atom is -0.496 e. The molecular formula is C15H18N4OS. The Morgan fingerprint density at radius 2 is 1.90 bits per heavy atom. The lowest BCUT2D eigenvalue weighted by Crippen LogP contribution is -2.12. The van der Waals surface area contributed by atoms with Crippen molar-refractivity contribution in [1.82, 2.24) is 9.97 Å². The predicted molar refractivity (Wildman–Crippen MR) is 85.1 cm³/mol. The van der Waals surface area contributed by atoms with Crippen molar-refractivity contribution in [3.63, 3.8) is 0 Å². The highest BCUT2D eigenvalue weighted by molar-refractivity contribution is 7.98. The van der Waals surface area contributed by atoms with Crippen molar-refractivity contribution in [1.29, 1.82) is 5.41 Å². The van der Waals surface area contributed by atoms with Crippen LogP contribution in [0.3, 0.4) is 0 Å². The number of ether oxygens (including phenoxy) is 1. The number of nitrogen functional groups attached to an aromatic ring is 1. The normalized spacial score (nSPS) is 10.4. The van der Waals surface area contributed by atoms with Gasteiger partial charge in [-0.05, 0) is 37.6 Å². The summed E-state index contributed by atoms with van der Waals surface area (Å²) < 4.78 is 5.28. The topological polar surface area (TPSA) is 84.9 Å². The van der Waals surface area contributed by atoms with E-state index in [1.54, 1.807) is 24.9 Å². The maximum absolute atomic E-state index is 7.51. The van der Waals surface area contributed by atoms with E-state index < -0.39 is 0 Å². The predicted octanol–water partition coefficient (Wildman–Crippen LogP) is 2.68. The van der Waals surface area contributed by atoms with Crippen molar-refractivity contribution in [3.8, 4) is 5.75 Å². The van der Waals surface area contributed by atoms with Gasteiger partial charge in [0.25, 0.3) is 0 Å². The van der Waals surface area contributed by atoms with Gasteiger partial charge < -0.3 is 10.5 Å². The maximum atomic E-state index is 7.51. The zero-order valence-corrected chi connectivity index (χ0v) is 13.1. The molecule has 0 atom stereocenters. The first-order valence-corrected chi connectivity index (χ1v) is 7.44. The number of hydrogen-bond acceptors (Lipinski definition) is 5. The van der Waals surface area contributed by atoms with Crippen LogP contribution in [-0.2, 0) is 5.75 Å². The molecule has 0 aliphatic rings. The number of amidine groups is 1. The zero-order chi connectivity index (χ0) is 15.4. The molecule has 0 aliphatic heterocycles. The molecule has 0 unspecified atom stereocenters. The molecule has 0 fully saturated rings. The molecule has 1 aromatic carbocycles. The molecule has 1 aromatic heterocycles. The molecule has 2 rings (SSSR count). The molecule has 1 heterocycles. The summed E-state index contributed by atoms with van der Waals surface area (Å²) in [6.45, 7) is 3.92. The first kappa shape index (κ1) is 15.3. The van der Waals surface area contributed by atoms with E-state index in [1.807, 2.05) is 32.0 Å². The fourth-order valence-electron chi connectivity index (χ4n) is 1.95. The van der Waals surface area contributed by atoms with Gasteiger partial charge in [0.05, 0.1) is 12.7 Å². The second-order valence-corrected chi connectivity index (χ2v) is 5.61. The number of aromatic nitrogens is 2. The van der Waals surface area contributed by atoms with Crippen LogP contribution in [0.4, 0.5) is 0 Å². The van der Waals surface area contributed by atoms with E-state index in [0.717, 1.165) is 27.9 Å². The van der Waals surface area contributed by atoms with E-state index >= 15 is 0 Å². The molecule has 0 saturated carbocycles. The standard InChI is InChI=1S/C15H18N4OS/c1-9-6-10(2)19-15(18-9)21-8-11-4-5-12(14(16)17)13(7-11)20-3/h4-7H,8H2,1-3H3,(H3,16,17). The molecule has 0 amide bonds. The Balaban J connectivity index is 2.14. The largest absolute Gasteiger partial charge is 0.496 e. The van der Waals surface area contributed by atoms with Crippen LogP contribution in [0, 0.1) is 19.3 Å². The number of hydrogen-bond donors (Lipinski definition) is 2. The van der Waals surface area contributed by atoms with Gasteiger partial charge in [-0.3, -0.25) is 5.41 Å². The summed E-state index contributed by atoms with van der Waals surface area (Å²) in [5, 5.41) is 8.27. The molecule has 0 aliphatic carbocycles. The molecule has 110 valence electrons. The average Bonchev–Trinajstić information content (AvgIpc) is 2.43. The molecule has 0 bridgehead atoms. The van der Waals surface area contributed by atoms with Crippen molar-refractivity contribution < 1.29 is 4.74 Å². The Morgan fingerprint density at radius 3 is 2.48 bits per heavy atom. The van der Waals surface area contributed by atoms with Gasteiger partial charge in [-0.15, -0.1) is 0 Å².